The van der Waals surface area contributed by atoms with Crippen LogP contribution in [0.1, 0.15) is 35.3 Å². The maximum Gasteiger partial charge on any atom is 0.235 e. The number of methoxy groups -OCH3 is 1. The van der Waals surface area contributed by atoms with Gasteiger partial charge in [-0.3, -0.25) is 9.59 Å². The minimum absolute atomic E-state index is 0.0635. The molecule has 0 saturated heterocycles. The molecule has 1 heterocycles. The summed E-state index contributed by atoms with van der Waals surface area (Å²) in [4.78, 5) is 24.2. The van der Waals surface area contributed by atoms with Gasteiger partial charge in [-0.05, 0) is 67.8 Å². The number of carbonyl (C=O) groups is 2. The Labute approximate surface area is 139 Å². The number of benzene rings is 2. The van der Waals surface area contributed by atoms with Gasteiger partial charge in [0.2, 0.25) is 5.91 Å². The molecular weight excluding hydrogens is 309 g/mol. The Hall–Kier alpha value is -2.69. The van der Waals surface area contributed by atoms with Crippen molar-refractivity contribution >= 4 is 17.4 Å². The molecule has 1 unspecified atom stereocenters. The average molecular weight is 327 g/mol. The van der Waals surface area contributed by atoms with Crippen LogP contribution in [0.15, 0.2) is 36.4 Å². The minimum atomic E-state index is -0.930. The summed E-state index contributed by atoms with van der Waals surface area (Å²) in [5.41, 5.74) is 1.58. The first-order valence-electron chi connectivity index (χ1n) is 7.64. The molecule has 1 N–H and O–H groups in total. The van der Waals surface area contributed by atoms with Crippen molar-refractivity contribution in [1.82, 2.24) is 0 Å². The van der Waals surface area contributed by atoms with Crippen molar-refractivity contribution in [1.29, 1.82) is 0 Å². The fourth-order valence-corrected chi connectivity index (χ4v) is 3.16. The second kappa shape index (κ2) is 5.74. The van der Waals surface area contributed by atoms with Crippen LogP contribution < -0.4 is 10.1 Å². The van der Waals surface area contributed by atoms with Crippen LogP contribution in [0.3, 0.4) is 0 Å². The fourth-order valence-electron chi connectivity index (χ4n) is 3.16. The molecule has 1 aliphatic heterocycles. The molecule has 1 amide bonds. The van der Waals surface area contributed by atoms with E-state index in [1.807, 2.05) is 0 Å². The number of ether oxygens (including phenoxy) is 1. The number of Topliss-reactive ketones (excluding diaryl/α,β-unsaturated/α-hetero) is 1. The van der Waals surface area contributed by atoms with E-state index in [1.54, 1.807) is 31.2 Å². The van der Waals surface area contributed by atoms with Crippen molar-refractivity contribution in [3.63, 3.8) is 0 Å². The smallest absolute Gasteiger partial charge is 0.235 e. The van der Waals surface area contributed by atoms with E-state index in [0.717, 1.165) is 5.56 Å². The topological polar surface area (TPSA) is 55.4 Å². The number of hydrogen-bond acceptors (Lipinski definition) is 3. The molecule has 2 aromatic carbocycles. The van der Waals surface area contributed by atoms with Gasteiger partial charge in [-0.1, -0.05) is 0 Å². The van der Waals surface area contributed by atoms with Crippen molar-refractivity contribution in [2.75, 3.05) is 12.4 Å². The summed E-state index contributed by atoms with van der Waals surface area (Å²) in [7, 11) is 1.54. The summed E-state index contributed by atoms with van der Waals surface area (Å²) in [6.45, 7) is 3.26. The first-order valence-corrected chi connectivity index (χ1v) is 7.64. The van der Waals surface area contributed by atoms with Gasteiger partial charge in [0.15, 0.2) is 5.78 Å². The quantitative estimate of drug-likeness (QED) is 0.875. The number of carbonyl (C=O) groups excluding carboxylic acids is 2. The molecule has 24 heavy (non-hydrogen) atoms. The highest BCUT2D eigenvalue weighted by atomic mass is 19.1. The molecule has 0 aromatic heterocycles. The van der Waals surface area contributed by atoms with Gasteiger partial charge in [-0.25, -0.2) is 4.39 Å². The number of amides is 1. The van der Waals surface area contributed by atoms with E-state index in [0.29, 0.717) is 29.0 Å². The Morgan fingerprint density at radius 2 is 2.00 bits per heavy atom. The first kappa shape index (κ1) is 16.2. The second-order valence-electron chi connectivity index (χ2n) is 6.24. The second-order valence-corrected chi connectivity index (χ2v) is 6.24. The molecule has 124 valence electrons. The molecule has 1 atom stereocenters. The highest BCUT2D eigenvalue weighted by Crippen LogP contribution is 2.41. The molecule has 2 aromatic rings. The van der Waals surface area contributed by atoms with Crippen LogP contribution in [0, 0.1) is 5.82 Å². The van der Waals surface area contributed by atoms with Gasteiger partial charge < -0.3 is 10.1 Å². The van der Waals surface area contributed by atoms with E-state index in [-0.39, 0.29) is 17.5 Å². The lowest BCUT2D eigenvalue weighted by atomic mass is 9.78. The van der Waals surface area contributed by atoms with E-state index in [1.165, 1.54) is 26.2 Å². The molecule has 0 aliphatic carbocycles. The zero-order valence-electron chi connectivity index (χ0n) is 13.8. The van der Waals surface area contributed by atoms with Crippen LogP contribution in [0.4, 0.5) is 10.1 Å². The van der Waals surface area contributed by atoms with E-state index >= 15 is 0 Å². The van der Waals surface area contributed by atoms with Gasteiger partial charge in [-0.2, -0.15) is 0 Å². The standard InChI is InChI=1S/C19H18FNO3/c1-11(22)12-4-7-17(24-3)13(8-12)10-19(2)15-9-14(20)5-6-16(15)21-18(19)23/h4-9H,10H2,1-3H3,(H,21,23). The van der Waals surface area contributed by atoms with E-state index < -0.39 is 5.41 Å². The lowest BCUT2D eigenvalue weighted by Gasteiger charge is -2.24. The zero-order valence-corrected chi connectivity index (χ0v) is 13.8. The number of nitrogens with one attached hydrogen (secondary N) is 1. The maximum atomic E-state index is 13.7. The largest absolute Gasteiger partial charge is 0.496 e. The van der Waals surface area contributed by atoms with Crippen LogP contribution in [-0.2, 0) is 16.6 Å². The van der Waals surface area contributed by atoms with Crippen LogP contribution in [-0.4, -0.2) is 18.8 Å². The van der Waals surface area contributed by atoms with Crippen LogP contribution in [0.5, 0.6) is 5.75 Å². The third-order valence-corrected chi connectivity index (χ3v) is 4.56. The van der Waals surface area contributed by atoms with Crippen molar-refractivity contribution < 1.29 is 18.7 Å². The number of halogens is 1. The molecule has 0 fully saturated rings. The van der Waals surface area contributed by atoms with Crippen LogP contribution in [0.2, 0.25) is 0 Å². The molecule has 3 rings (SSSR count). The monoisotopic (exact) mass is 327 g/mol. The van der Waals surface area contributed by atoms with E-state index in [2.05, 4.69) is 5.32 Å². The fraction of sp³-hybridized carbons (Fsp3) is 0.263. The minimum Gasteiger partial charge on any atom is -0.496 e. The lowest BCUT2D eigenvalue weighted by Crippen LogP contribution is -2.33. The van der Waals surface area contributed by atoms with Crippen molar-refractivity contribution in [3.8, 4) is 5.75 Å². The molecule has 0 saturated carbocycles. The summed E-state index contributed by atoms with van der Waals surface area (Å²) in [6, 6.07) is 9.41. The van der Waals surface area contributed by atoms with Crippen LogP contribution in [0.25, 0.3) is 0 Å². The van der Waals surface area contributed by atoms with Gasteiger partial charge in [0.25, 0.3) is 0 Å². The highest BCUT2D eigenvalue weighted by molar-refractivity contribution is 6.06. The van der Waals surface area contributed by atoms with Gasteiger partial charge >= 0.3 is 0 Å². The van der Waals surface area contributed by atoms with Gasteiger partial charge in [0, 0.05) is 11.3 Å². The van der Waals surface area contributed by atoms with Crippen molar-refractivity contribution in [2.45, 2.75) is 25.7 Å². The number of hydrogen-bond donors (Lipinski definition) is 1. The third kappa shape index (κ3) is 2.56. The number of fused-ring (bicyclic) bond motifs is 1. The first-order chi connectivity index (χ1) is 11.3. The molecule has 1 aliphatic rings. The molecular formula is C19H18FNO3. The zero-order chi connectivity index (χ0) is 17.5. The number of anilines is 1. The number of ketones is 1. The molecule has 4 nitrogen and oxygen atoms in total. The predicted octanol–water partition coefficient (Wildman–Crippen LogP) is 3.49. The normalized spacial score (nSPS) is 18.9. The van der Waals surface area contributed by atoms with Crippen molar-refractivity contribution in [3.05, 3.63) is 58.9 Å². The Morgan fingerprint density at radius 3 is 2.67 bits per heavy atom. The summed E-state index contributed by atoms with van der Waals surface area (Å²) in [6.07, 6.45) is 0.305. The summed E-state index contributed by atoms with van der Waals surface area (Å²) >= 11 is 0. The molecule has 5 heteroatoms. The average Bonchev–Trinajstić information content (AvgIpc) is 2.78. The van der Waals surface area contributed by atoms with Gasteiger partial charge in [0.05, 0.1) is 12.5 Å². The van der Waals surface area contributed by atoms with Crippen molar-refractivity contribution in [2.24, 2.45) is 0 Å². The summed E-state index contributed by atoms with van der Waals surface area (Å²) in [5.74, 6) is -0.0513. The SMILES string of the molecule is COc1ccc(C(C)=O)cc1CC1(C)C(=O)Nc2ccc(F)cc21. The highest BCUT2D eigenvalue weighted by Gasteiger charge is 2.43. The van der Waals surface area contributed by atoms with E-state index in [4.69, 9.17) is 4.74 Å². The Balaban J connectivity index is 2.08. The Kier molecular flexibility index (Phi) is 3.87. The maximum absolute atomic E-state index is 13.7. The Bertz CT molecular complexity index is 847. The molecule has 0 spiro atoms. The molecule has 0 bridgehead atoms. The van der Waals surface area contributed by atoms with Crippen LogP contribution >= 0.6 is 0 Å². The third-order valence-electron chi connectivity index (χ3n) is 4.56. The summed E-state index contributed by atoms with van der Waals surface area (Å²) in [5, 5.41) is 2.80. The van der Waals surface area contributed by atoms with Gasteiger partial charge in [-0.15, -0.1) is 0 Å². The van der Waals surface area contributed by atoms with E-state index in [9.17, 15) is 14.0 Å². The summed E-state index contributed by atoms with van der Waals surface area (Å²) < 4.78 is 19.0. The van der Waals surface area contributed by atoms with Gasteiger partial charge in [0.1, 0.15) is 11.6 Å². The predicted molar refractivity (Wildman–Crippen MR) is 89.1 cm³/mol. The lowest BCUT2D eigenvalue weighted by molar-refractivity contribution is -0.120. The Morgan fingerprint density at radius 1 is 1.25 bits per heavy atom. The number of rotatable bonds is 4. The molecule has 0 radical (unpaired) electrons.